The first-order valence-corrected chi connectivity index (χ1v) is 23.4. The molecular weight excluding hydrogens is 1020 g/mol. The van der Waals surface area contributed by atoms with Gasteiger partial charge in [-0.05, 0) is 48.0 Å². The van der Waals surface area contributed by atoms with Crippen molar-refractivity contribution in [3.63, 3.8) is 0 Å². The Morgan fingerprint density at radius 1 is 0.500 bits per heavy atom. The highest BCUT2D eigenvalue weighted by Crippen LogP contribution is 2.39. The van der Waals surface area contributed by atoms with Crippen LogP contribution in [0, 0.1) is 0 Å². The molecule has 3 aromatic carbocycles. The van der Waals surface area contributed by atoms with Gasteiger partial charge in [-0.2, -0.15) is 0 Å². The van der Waals surface area contributed by atoms with Crippen molar-refractivity contribution in [2.45, 2.75) is 123 Å². The van der Waals surface area contributed by atoms with E-state index in [1.54, 1.807) is 0 Å². The molecule has 0 spiro atoms. The molecular formula is C48H56O28. The molecule has 4 aliphatic heterocycles. The van der Waals surface area contributed by atoms with Gasteiger partial charge in [-0.3, -0.25) is 4.79 Å². The van der Waals surface area contributed by atoms with Gasteiger partial charge in [0.15, 0.2) is 5.76 Å². The topological polar surface area (TPSA) is 454 Å². The molecule has 16 N–H and O–H groups in total. The average Bonchev–Trinajstić information content (AvgIpc) is 3.43. The minimum atomic E-state index is -2.12. The molecule has 4 aliphatic rings. The molecule has 76 heavy (non-hydrogen) atoms. The van der Waals surface area contributed by atoms with Crippen molar-refractivity contribution in [1.82, 2.24) is 0 Å². The van der Waals surface area contributed by atoms with Crippen molar-refractivity contribution in [3.05, 3.63) is 82.5 Å². The molecule has 0 bridgehead atoms. The summed E-state index contributed by atoms with van der Waals surface area (Å²) in [5.41, 5.74) is -1.17. The van der Waals surface area contributed by atoms with Crippen LogP contribution in [0.25, 0.3) is 28.4 Å². The maximum absolute atomic E-state index is 14.5. The minimum absolute atomic E-state index is 0.0194. The van der Waals surface area contributed by atoms with Crippen LogP contribution in [0.1, 0.15) is 5.56 Å². The minimum Gasteiger partial charge on any atom is -0.507 e. The van der Waals surface area contributed by atoms with E-state index in [4.69, 9.17) is 47.0 Å². The molecule has 28 heteroatoms. The van der Waals surface area contributed by atoms with Crippen molar-refractivity contribution in [2.24, 2.45) is 0 Å². The van der Waals surface area contributed by atoms with Crippen LogP contribution in [-0.2, 0) is 28.5 Å². The number of aromatic hydroxyl groups is 1. The number of hydrogen-bond donors (Lipinski definition) is 16. The molecule has 4 fully saturated rings. The average molecular weight is 1080 g/mol. The number of hydrogen-bond acceptors (Lipinski definition) is 28. The largest absolute Gasteiger partial charge is 0.507 e. The molecule has 416 valence electrons. The quantitative estimate of drug-likeness (QED) is 0.0367. The Morgan fingerprint density at radius 2 is 0.908 bits per heavy atom. The summed E-state index contributed by atoms with van der Waals surface area (Å²) >= 11 is 0. The zero-order valence-electron chi connectivity index (χ0n) is 39.4. The van der Waals surface area contributed by atoms with Gasteiger partial charge in [-0.25, -0.2) is 4.79 Å². The zero-order valence-corrected chi connectivity index (χ0v) is 39.4. The van der Waals surface area contributed by atoms with Crippen LogP contribution in [0.4, 0.5) is 0 Å². The van der Waals surface area contributed by atoms with E-state index >= 15 is 0 Å². The fourth-order valence-corrected chi connectivity index (χ4v) is 8.51. The molecule has 0 radical (unpaired) electrons. The highest BCUT2D eigenvalue weighted by molar-refractivity contribution is 5.88. The normalized spacial score (nSPS) is 35.9. The van der Waals surface area contributed by atoms with E-state index < -0.39 is 189 Å². The summed E-state index contributed by atoms with van der Waals surface area (Å²) in [4.78, 5) is 27.3. The smallest absolute Gasteiger partial charge is 0.330 e. The van der Waals surface area contributed by atoms with Crippen LogP contribution in [0.2, 0.25) is 0 Å². The molecule has 20 atom stereocenters. The number of aliphatic hydroxyl groups is 15. The Labute approximate surface area is 427 Å². The van der Waals surface area contributed by atoms with E-state index in [0.29, 0.717) is 5.56 Å². The maximum atomic E-state index is 14.5. The Morgan fingerprint density at radius 3 is 1.37 bits per heavy atom. The monoisotopic (exact) mass is 1080 g/mol. The number of carbonyl (C=O) groups excluding carboxylic acids is 1. The van der Waals surface area contributed by atoms with Crippen LogP contribution in [-0.4, -0.2) is 237 Å². The summed E-state index contributed by atoms with van der Waals surface area (Å²) in [5, 5.41) is 165. The van der Waals surface area contributed by atoms with Crippen LogP contribution in [0.3, 0.4) is 0 Å². The van der Waals surface area contributed by atoms with Gasteiger partial charge >= 0.3 is 5.97 Å². The third-order valence-corrected chi connectivity index (χ3v) is 12.9. The highest BCUT2D eigenvalue weighted by atomic mass is 16.7. The predicted octanol–water partition coefficient (Wildman–Crippen LogP) is -5.86. The van der Waals surface area contributed by atoms with Gasteiger partial charge in [0.1, 0.15) is 138 Å². The first kappa shape index (κ1) is 56.5. The number of rotatable bonds is 16. The Kier molecular flexibility index (Phi) is 17.8. The van der Waals surface area contributed by atoms with Gasteiger partial charge in [-0.15, -0.1) is 0 Å². The lowest BCUT2D eigenvalue weighted by atomic mass is 9.99. The first-order chi connectivity index (χ1) is 36.2. The van der Waals surface area contributed by atoms with Crippen LogP contribution in [0.5, 0.6) is 28.7 Å². The van der Waals surface area contributed by atoms with Crippen molar-refractivity contribution in [3.8, 4) is 40.1 Å². The van der Waals surface area contributed by atoms with Crippen LogP contribution < -0.4 is 24.4 Å². The number of ether oxygens (including phenoxy) is 9. The zero-order chi connectivity index (χ0) is 54.9. The third-order valence-electron chi connectivity index (χ3n) is 12.9. The summed E-state index contributed by atoms with van der Waals surface area (Å²) in [6.07, 6.45) is -31.8. The van der Waals surface area contributed by atoms with Gasteiger partial charge in [0.2, 0.25) is 36.3 Å². The number of esters is 1. The van der Waals surface area contributed by atoms with E-state index in [9.17, 15) is 91.3 Å². The molecule has 0 aliphatic carbocycles. The van der Waals surface area contributed by atoms with Gasteiger partial charge in [0.25, 0.3) is 0 Å². The standard InChI is InChI=1S/C48H56O28/c49-13-24-30(54)35(59)39(63)45(72-24)68-19-6-1-17(2-7-19)3-10-28(53)67-16-27-33(57)38(62)42(66)48(75-27)76-44-34(58)29-22(52)11-21(70-47-41(65)37(61)32(56)26(15-51)74-47)12-23(29)71-43(44)18-4-8-20(9-5-18)69-46-40(64)36(60)31(55)25(14-50)73-46/h1-12,24-27,30-33,35-42,45-52,54-57,59-66H,13-16H2/b10-3+/t24?,25?,26?,27?,30-,31-,32-,33-,35?,36?,37?,38?,39?,40?,41?,42?,45-,46-,47-,48+/m1/s1. The summed E-state index contributed by atoms with van der Waals surface area (Å²) in [6.45, 7) is -2.97. The van der Waals surface area contributed by atoms with Crippen LogP contribution >= 0.6 is 0 Å². The molecule has 1 aromatic heterocycles. The SMILES string of the molecule is O=C(/C=C/c1ccc(O[C@@H]2OC(CO)[C@@H](O)C(O)C2O)cc1)OCC1O[C@@H](Oc2c(-c3ccc(O[C@@H]4OC(CO)[C@@H](O)C(O)C4O)cc3)oc3cc(O[C@@H]4OC(CO)[C@@H](O)C(O)C4O)cc(O)c3c2=O)C(O)C(O)[C@@H]1O. The molecule has 0 amide bonds. The lowest BCUT2D eigenvalue weighted by Crippen LogP contribution is -2.60. The Hall–Kier alpha value is -5.68. The van der Waals surface area contributed by atoms with Gasteiger partial charge in [0, 0.05) is 23.8 Å². The van der Waals surface area contributed by atoms with Crippen molar-refractivity contribution < 1.29 is 134 Å². The van der Waals surface area contributed by atoms with Crippen molar-refractivity contribution in [2.75, 3.05) is 26.4 Å². The first-order valence-electron chi connectivity index (χ1n) is 23.4. The van der Waals surface area contributed by atoms with E-state index in [-0.39, 0.29) is 22.8 Å². The number of phenolic OH excluding ortho intramolecular Hbond substituents is 1. The Bertz CT molecular complexity index is 2680. The molecule has 0 saturated carbocycles. The van der Waals surface area contributed by atoms with Gasteiger partial charge in [-0.1, -0.05) is 12.1 Å². The van der Waals surface area contributed by atoms with Crippen molar-refractivity contribution >= 4 is 23.0 Å². The van der Waals surface area contributed by atoms with E-state index in [2.05, 4.69) is 0 Å². The fourth-order valence-electron chi connectivity index (χ4n) is 8.51. The van der Waals surface area contributed by atoms with Gasteiger partial charge in [0.05, 0.1) is 19.8 Å². The molecule has 4 saturated heterocycles. The highest BCUT2D eigenvalue weighted by Gasteiger charge is 2.49. The third kappa shape index (κ3) is 11.8. The number of aliphatic hydroxyl groups excluding tert-OH is 15. The lowest BCUT2D eigenvalue weighted by Gasteiger charge is -2.39. The number of fused-ring (bicyclic) bond motifs is 1. The molecule has 12 unspecified atom stereocenters. The maximum Gasteiger partial charge on any atom is 0.330 e. The molecule has 4 aromatic rings. The van der Waals surface area contributed by atoms with Crippen molar-refractivity contribution in [1.29, 1.82) is 0 Å². The second-order valence-electron chi connectivity index (χ2n) is 18.0. The predicted molar refractivity (Wildman–Crippen MR) is 247 cm³/mol. The molecule has 8 rings (SSSR count). The van der Waals surface area contributed by atoms with Gasteiger partial charge < -0.3 is 129 Å². The second-order valence-corrected chi connectivity index (χ2v) is 18.0. The number of carbonyl (C=O) groups is 1. The summed E-state index contributed by atoms with van der Waals surface area (Å²) in [6, 6.07) is 12.9. The van der Waals surface area contributed by atoms with Crippen LogP contribution in [0.15, 0.2) is 76.0 Å². The molecule has 5 heterocycles. The van der Waals surface area contributed by atoms with E-state index in [0.717, 1.165) is 18.2 Å². The van der Waals surface area contributed by atoms with E-state index in [1.165, 1.54) is 54.6 Å². The summed E-state index contributed by atoms with van der Waals surface area (Å²) in [7, 11) is 0. The summed E-state index contributed by atoms with van der Waals surface area (Å²) in [5.74, 6) is -3.32. The molecule has 28 nitrogen and oxygen atoms in total. The Balaban J connectivity index is 1.02. The van der Waals surface area contributed by atoms with E-state index in [1.807, 2.05) is 0 Å². The number of phenols is 1. The summed E-state index contributed by atoms with van der Waals surface area (Å²) < 4.78 is 56.1. The second kappa shape index (κ2) is 23.9. The fraction of sp³-hybridized carbons (Fsp3) is 0.500. The lowest BCUT2D eigenvalue weighted by molar-refractivity contribution is -0.278. The number of benzene rings is 3.